The van der Waals surface area contributed by atoms with Gasteiger partial charge in [-0.05, 0) is 0 Å². The molecule has 0 aromatic heterocycles. The first kappa shape index (κ1) is 12.6. The minimum Gasteiger partial charge on any atom is -0.467 e. The predicted molar refractivity (Wildman–Crippen MR) is 50.6 cm³/mol. The number of carbonyl (C=O) groups excluding carboxylic acids is 2. The minimum absolute atomic E-state index is 0.0816. The van der Waals surface area contributed by atoms with Crippen LogP contribution >= 0.6 is 0 Å². The lowest BCUT2D eigenvalue weighted by atomic mass is 10.3. The Morgan fingerprint density at radius 2 is 2.21 bits per heavy atom. The van der Waals surface area contributed by atoms with E-state index in [0.717, 1.165) is 0 Å². The van der Waals surface area contributed by atoms with Crippen LogP contribution in [0.3, 0.4) is 0 Å². The van der Waals surface area contributed by atoms with E-state index in [0.29, 0.717) is 6.61 Å². The smallest absolute Gasteiger partial charge is 0.330 e. The maximum Gasteiger partial charge on any atom is 0.330 e. The Labute approximate surface area is 83.1 Å². The van der Waals surface area contributed by atoms with Gasteiger partial charge in [-0.1, -0.05) is 6.08 Å². The number of carbonyl (C=O) groups is 2. The standard InChI is InChI=1S/C9H15NO4/c1-4-5-14-6-8(9(12)13-3)10-7(2)11/h4,8H,1,5-6H2,2-3H3,(H,10,11). The number of methoxy groups -OCH3 is 1. The number of nitrogens with one attached hydrogen (secondary N) is 1. The third kappa shape index (κ3) is 5.31. The number of amides is 1. The molecule has 1 N–H and O–H groups in total. The van der Waals surface area contributed by atoms with Crippen molar-refractivity contribution in [3.8, 4) is 0 Å². The van der Waals surface area contributed by atoms with Gasteiger partial charge in [0.1, 0.15) is 0 Å². The molecule has 1 unspecified atom stereocenters. The molecule has 0 fully saturated rings. The van der Waals surface area contributed by atoms with E-state index in [4.69, 9.17) is 4.74 Å². The lowest BCUT2D eigenvalue weighted by Crippen LogP contribution is -2.43. The number of rotatable bonds is 6. The molecule has 0 aromatic carbocycles. The van der Waals surface area contributed by atoms with Crippen molar-refractivity contribution in [2.75, 3.05) is 20.3 Å². The predicted octanol–water partition coefficient (Wildman–Crippen LogP) is -0.133. The fourth-order valence-corrected chi connectivity index (χ4v) is 0.825. The van der Waals surface area contributed by atoms with Gasteiger partial charge in [-0.3, -0.25) is 4.79 Å². The van der Waals surface area contributed by atoms with E-state index in [1.807, 2.05) is 0 Å². The highest BCUT2D eigenvalue weighted by molar-refractivity contribution is 5.83. The average molecular weight is 201 g/mol. The maximum atomic E-state index is 11.1. The number of hydrogen-bond acceptors (Lipinski definition) is 4. The third-order valence-electron chi connectivity index (χ3n) is 1.38. The third-order valence-corrected chi connectivity index (χ3v) is 1.38. The van der Waals surface area contributed by atoms with E-state index in [2.05, 4.69) is 16.6 Å². The zero-order valence-corrected chi connectivity index (χ0v) is 8.41. The zero-order valence-electron chi connectivity index (χ0n) is 8.41. The molecule has 0 rings (SSSR count). The summed E-state index contributed by atoms with van der Waals surface area (Å²) in [5, 5.41) is 2.42. The SMILES string of the molecule is C=CCOCC(NC(C)=O)C(=O)OC. The summed E-state index contributed by atoms with van der Waals surface area (Å²) in [5.74, 6) is -0.827. The maximum absolute atomic E-state index is 11.1. The summed E-state index contributed by atoms with van der Waals surface area (Å²) in [4.78, 5) is 21.8. The van der Waals surface area contributed by atoms with Crippen LogP contribution < -0.4 is 5.32 Å². The molecule has 80 valence electrons. The van der Waals surface area contributed by atoms with E-state index < -0.39 is 12.0 Å². The van der Waals surface area contributed by atoms with Crippen LogP contribution in [-0.2, 0) is 19.1 Å². The molecular formula is C9H15NO4. The highest BCUT2D eigenvalue weighted by atomic mass is 16.5. The number of ether oxygens (including phenoxy) is 2. The molecule has 1 atom stereocenters. The number of hydrogen-bond donors (Lipinski definition) is 1. The van der Waals surface area contributed by atoms with Gasteiger partial charge in [-0.25, -0.2) is 4.79 Å². The second-order valence-electron chi connectivity index (χ2n) is 2.60. The Bertz CT molecular complexity index is 215. The molecule has 0 aliphatic carbocycles. The normalized spacial score (nSPS) is 11.6. The van der Waals surface area contributed by atoms with Crippen LogP contribution in [0.4, 0.5) is 0 Å². The van der Waals surface area contributed by atoms with Gasteiger partial charge in [-0.15, -0.1) is 6.58 Å². The lowest BCUT2D eigenvalue weighted by molar-refractivity contribution is -0.146. The van der Waals surface area contributed by atoms with Crippen molar-refractivity contribution < 1.29 is 19.1 Å². The van der Waals surface area contributed by atoms with Gasteiger partial charge >= 0.3 is 5.97 Å². The molecule has 0 aliphatic rings. The fourth-order valence-electron chi connectivity index (χ4n) is 0.825. The monoisotopic (exact) mass is 201 g/mol. The quantitative estimate of drug-likeness (QED) is 0.369. The number of esters is 1. The van der Waals surface area contributed by atoms with Crippen LogP contribution in [0.15, 0.2) is 12.7 Å². The van der Waals surface area contributed by atoms with Crippen molar-refractivity contribution in [1.82, 2.24) is 5.32 Å². The van der Waals surface area contributed by atoms with Crippen LogP contribution in [0.25, 0.3) is 0 Å². The van der Waals surface area contributed by atoms with Gasteiger partial charge < -0.3 is 14.8 Å². The van der Waals surface area contributed by atoms with Gasteiger partial charge in [-0.2, -0.15) is 0 Å². The Morgan fingerprint density at radius 3 is 2.64 bits per heavy atom. The Hall–Kier alpha value is -1.36. The summed E-state index contributed by atoms with van der Waals surface area (Å²) in [6, 6.07) is -0.752. The first-order valence-electron chi connectivity index (χ1n) is 4.15. The molecule has 0 bridgehead atoms. The van der Waals surface area contributed by atoms with Gasteiger partial charge in [0, 0.05) is 6.92 Å². The molecule has 0 aliphatic heterocycles. The van der Waals surface area contributed by atoms with E-state index >= 15 is 0 Å². The fraction of sp³-hybridized carbons (Fsp3) is 0.556. The van der Waals surface area contributed by atoms with Crippen molar-refractivity contribution in [1.29, 1.82) is 0 Å². The molecule has 0 aromatic rings. The summed E-state index contributed by atoms with van der Waals surface area (Å²) < 4.78 is 9.52. The molecule has 0 radical (unpaired) electrons. The molecule has 5 nitrogen and oxygen atoms in total. The van der Waals surface area contributed by atoms with Gasteiger partial charge in [0.2, 0.25) is 5.91 Å². The van der Waals surface area contributed by atoms with Crippen molar-refractivity contribution in [3.63, 3.8) is 0 Å². The molecule has 0 saturated heterocycles. The summed E-state index contributed by atoms with van der Waals surface area (Å²) in [7, 11) is 1.25. The average Bonchev–Trinajstić information content (AvgIpc) is 2.15. The van der Waals surface area contributed by atoms with Crippen molar-refractivity contribution in [2.24, 2.45) is 0 Å². The topological polar surface area (TPSA) is 64.6 Å². The highest BCUT2D eigenvalue weighted by Gasteiger charge is 2.19. The van der Waals surface area contributed by atoms with Crippen LogP contribution in [-0.4, -0.2) is 38.2 Å². The van der Waals surface area contributed by atoms with E-state index in [1.165, 1.54) is 14.0 Å². The largest absolute Gasteiger partial charge is 0.467 e. The summed E-state index contributed by atoms with van der Waals surface area (Å²) in [6.07, 6.45) is 1.56. The molecule has 1 amide bonds. The molecule has 14 heavy (non-hydrogen) atoms. The summed E-state index contributed by atoms with van der Waals surface area (Å²) in [6.45, 7) is 5.19. The van der Waals surface area contributed by atoms with Crippen molar-refractivity contribution in [2.45, 2.75) is 13.0 Å². The van der Waals surface area contributed by atoms with Crippen molar-refractivity contribution in [3.05, 3.63) is 12.7 Å². The van der Waals surface area contributed by atoms with Gasteiger partial charge in [0.25, 0.3) is 0 Å². The van der Waals surface area contributed by atoms with Crippen LogP contribution in [0.2, 0.25) is 0 Å². The Morgan fingerprint density at radius 1 is 1.57 bits per heavy atom. The summed E-state index contributed by atoms with van der Waals surface area (Å²) >= 11 is 0. The first-order chi connectivity index (χ1) is 6.61. The molecule has 0 heterocycles. The first-order valence-corrected chi connectivity index (χ1v) is 4.15. The molecule has 0 spiro atoms. The highest BCUT2D eigenvalue weighted by Crippen LogP contribution is 1.90. The molecule has 0 saturated carbocycles. The Kier molecular flexibility index (Phi) is 6.39. The van der Waals surface area contributed by atoms with Gasteiger partial charge in [0.05, 0.1) is 20.3 Å². The van der Waals surface area contributed by atoms with Gasteiger partial charge in [0.15, 0.2) is 6.04 Å². The second kappa shape index (κ2) is 7.08. The van der Waals surface area contributed by atoms with E-state index in [-0.39, 0.29) is 12.5 Å². The van der Waals surface area contributed by atoms with Crippen LogP contribution in [0.1, 0.15) is 6.92 Å². The zero-order chi connectivity index (χ0) is 11.0. The van der Waals surface area contributed by atoms with Crippen LogP contribution in [0, 0.1) is 0 Å². The molecular weight excluding hydrogens is 186 g/mol. The van der Waals surface area contributed by atoms with Crippen LogP contribution in [0.5, 0.6) is 0 Å². The minimum atomic E-state index is -0.752. The van der Waals surface area contributed by atoms with E-state index in [1.54, 1.807) is 6.08 Å². The Balaban J connectivity index is 4.03. The lowest BCUT2D eigenvalue weighted by Gasteiger charge is -2.14. The second-order valence-corrected chi connectivity index (χ2v) is 2.60. The molecule has 5 heteroatoms. The van der Waals surface area contributed by atoms with Crippen molar-refractivity contribution >= 4 is 11.9 Å². The summed E-state index contributed by atoms with van der Waals surface area (Å²) in [5.41, 5.74) is 0. The van der Waals surface area contributed by atoms with E-state index in [9.17, 15) is 9.59 Å².